The molecule has 2 aliphatic heterocycles. The number of nitrogens with zero attached hydrogens (tertiary/aromatic N) is 6. The van der Waals surface area contributed by atoms with Crippen molar-refractivity contribution >= 4 is 17.5 Å². The molecule has 1 aromatic carbocycles. The number of hydrogen-bond acceptors (Lipinski definition) is 6. The van der Waals surface area contributed by atoms with Crippen LogP contribution in [0, 0.1) is 0 Å². The fourth-order valence-electron chi connectivity index (χ4n) is 3.72. The van der Waals surface area contributed by atoms with Gasteiger partial charge in [-0.15, -0.1) is 0 Å². The molecule has 2 saturated heterocycles. The predicted octanol–water partition coefficient (Wildman–Crippen LogP) is 1.60. The molecule has 4 heterocycles. The van der Waals surface area contributed by atoms with Crippen LogP contribution in [-0.2, 0) is 9.47 Å². The summed E-state index contributed by atoms with van der Waals surface area (Å²) in [6, 6.07) is 7.11. The lowest BCUT2D eigenvalue weighted by Crippen LogP contribution is -2.31. The van der Waals surface area contributed by atoms with Gasteiger partial charge in [0.15, 0.2) is 0 Å². The Morgan fingerprint density at radius 1 is 1.14 bits per heavy atom. The van der Waals surface area contributed by atoms with Crippen LogP contribution in [0.5, 0.6) is 0 Å². The van der Waals surface area contributed by atoms with Crippen LogP contribution in [0.3, 0.4) is 0 Å². The molecule has 0 unspecified atom stereocenters. The lowest BCUT2D eigenvalue weighted by atomic mass is 10.1. The molecule has 0 bridgehead atoms. The zero-order chi connectivity index (χ0) is 19.8. The first-order valence-electron chi connectivity index (χ1n) is 9.35. The number of carbonyl (C=O) groups is 1. The standard InChI is InChI=1S/C19H19ClN6O3/c20-16-3-2-13(25-5-1-4-22-25)6-15(16)19(27)24-7-17-18(8-24)29-10-14(9-28-17)26-12-21-11-23-26/h1-6,11-12,14,17-18H,7-10H2/t17-,18-/m0/s1. The van der Waals surface area contributed by atoms with E-state index in [4.69, 9.17) is 21.1 Å². The Morgan fingerprint density at radius 3 is 2.59 bits per heavy atom. The second-order valence-electron chi connectivity index (χ2n) is 7.10. The number of rotatable bonds is 3. The topological polar surface area (TPSA) is 87.3 Å². The van der Waals surface area contributed by atoms with Crippen molar-refractivity contribution in [3.8, 4) is 5.69 Å². The van der Waals surface area contributed by atoms with Crippen LogP contribution in [0.25, 0.3) is 5.69 Å². The minimum Gasteiger partial charge on any atom is -0.371 e. The highest BCUT2D eigenvalue weighted by Gasteiger charge is 2.40. The molecule has 0 spiro atoms. The van der Waals surface area contributed by atoms with E-state index in [-0.39, 0.29) is 24.2 Å². The van der Waals surface area contributed by atoms with Gasteiger partial charge in [-0.3, -0.25) is 4.79 Å². The van der Waals surface area contributed by atoms with Crippen molar-refractivity contribution in [1.29, 1.82) is 0 Å². The highest BCUT2D eigenvalue weighted by molar-refractivity contribution is 6.33. The number of likely N-dealkylation sites (tertiary alicyclic amines) is 1. The Bertz CT molecular complexity index is 978. The van der Waals surface area contributed by atoms with Gasteiger partial charge >= 0.3 is 0 Å². The number of hydrogen-bond donors (Lipinski definition) is 0. The first kappa shape index (κ1) is 18.3. The Balaban J connectivity index is 1.30. The number of aromatic nitrogens is 5. The van der Waals surface area contributed by atoms with Gasteiger partial charge in [-0.1, -0.05) is 11.6 Å². The fraction of sp³-hybridized carbons (Fsp3) is 0.368. The molecule has 1 amide bonds. The van der Waals surface area contributed by atoms with Crippen LogP contribution in [0.15, 0.2) is 49.3 Å². The molecule has 2 atom stereocenters. The third kappa shape index (κ3) is 3.52. The zero-order valence-corrected chi connectivity index (χ0v) is 16.2. The van der Waals surface area contributed by atoms with E-state index in [1.807, 2.05) is 18.3 Å². The highest BCUT2D eigenvalue weighted by atomic mass is 35.5. The number of carbonyl (C=O) groups excluding carboxylic acids is 1. The largest absolute Gasteiger partial charge is 0.371 e. The second-order valence-corrected chi connectivity index (χ2v) is 7.51. The monoisotopic (exact) mass is 414 g/mol. The maximum atomic E-state index is 13.1. The van der Waals surface area contributed by atoms with Crippen molar-refractivity contribution < 1.29 is 14.3 Å². The number of fused-ring (bicyclic) bond motifs is 1. The summed E-state index contributed by atoms with van der Waals surface area (Å²) in [7, 11) is 0. The number of benzene rings is 1. The lowest BCUT2D eigenvalue weighted by molar-refractivity contribution is -0.00461. The van der Waals surface area contributed by atoms with Crippen molar-refractivity contribution in [2.24, 2.45) is 0 Å². The minimum absolute atomic E-state index is 0.0209. The average Bonchev–Trinajstić information content (AvgIpc) is 3.49. The van der Waals surface area contributed by atoms with Crippen molar-refractivity contribution in [3.63, 3.8) is 0 Å². The summed E-state index contributed by atoms with van der Waals surface area (Å²) in [5.74, 6) is -0.142. The van der Waals surface area contributed by atoms with Crippen LogP contribution in [0.1, 0.15) is 16.4 Å². The average molecular weight is 415 g/mol. The highest BCUT2D eigenvalue weighted by Crippen LogP contribution is 2.27. The van der Waals surface area contributed by atoms with Crippen LogP contribution < -0.4 is 0 Å². The molecule has 5 rings (SSSR count). The molecule has 0 N–H and O–H groups in total. The van der Waals surface area contributed by atoms with Gasteiger partial charge in [0.25, 0.3) is 5.91 Å². The van der Waals surface area contributed by atoms with E-state index in [1.165, 1.54) is 6.33 Å². The maximum absolute atomic E-state index is 13.1. The molecule has 9 nitrogen and oxygen atoms in total. The van der Waals surface area contributed by atoms with Gasteiger partial charge < -0.3 is 14.4 Å². The van der Waals surface area contributed by atoms with Crippen molar-refractivity contribution in [2.75, 3.05) is 26.3 Å². The van der Waals surface area contributed by atoms with Gasteiger partial charge in [0.2, 0.25) is 0 Å². The number of ether oxygens (including phenoxy) is 2. The molecule has 29 heavy (non-hydrogen) atoms. The van der Waals surface area contributed by atoms with Gasteiger partial charge in [0.05, 0.1) is 29.5 Å². The quantitative estimate of drug-likeness (QED) is 0.647. The van der Waals surface area contributed by atoms with E-state index in [0.29, 0.717) is 36.9 Å². The summed E-state index contributed by atoms with van der Waals surface area (Å²) in [5.41, 5.74) is 1.22. The van der Waals surface area contributed by atoms with Crippen LogP contribution in [0.2, 0.25) is 5.02 Å². The first-order chi connectivity index (χ1) is 14.2. The van der Waals surface area contributed by atoms with E-state index >= 15 is 0 Å². The minimum atomic E-state index is -0.180. The lowest BCUT2D eigenvalue weighted by Gasteiger charge is -2.19. The third-order valence-electron chi connectivity index (χ3n) is 5.27. The van der Waals surface area contributed by atoms with Gasteiger partial charge in [0, 0.05) is 25.5 Å². The summed E-state index contributed by atoms with van der Waals surface area (Å²) >= 11 is 6.33. The summed E-state index contributed by atoms with van der Waals surface area (Å²) in [4.78, 5) is 18.9. The molecular weight excluding hydrogens is 396 g/mol. The Kier molecular flexibility index (Phi) is 4.78. The van der Waals surface area contributed by atoms with Gasteiger partial charge in [-0.2, -0.15) is 10.2 Å². The van der Waals surface area contributed by atoms with E-state index in [1.54, 1.807) is 38.9 Å². The van der Waals surface area contributed by atoms with Crippen LogP contribution in [0.4, 0.5) is 0 Å². The molecule has 150 valence electrons. The van der Waals surface area contributed by atoms with Gasteiger partial charge in [-0.25, -0.2) is 14.3 Å². The van der Waals surface area contributed by atoms with Crippen LogP contribution in [-0.4, -0.2) is 73.9 Å². The molecule has 2 fully saturated rings. The number of amides is 1. The van der Waals surface area contributed by atoms with Gasteiger partial charge in [0.1, 0.15) is 30.9 Å². The maximum Gasteiger partial charge on any atom is 0.255 e. The molecule has 0 saturated carbocycles. The van der Waals surface area contributed by atoms with E-state index in [2.05, 4.69) is 15.2 Å². The SMILES string of the molecule is O=C(c1cc(-n2cccn2)ccc1Cl)N1C[C@@H]2OCC(n3cncn3)CO[C@H]2C1. The molecule has 2 aromatic heterocycles. The molecule has 0 radical (unpaired) electrons. The molecule has 2 aliphatic rings. The summed E-state index contributed by atoms with van der Waals surface area (Å²) in [6.45, 7) is 1.83. The van der Waals surface area contributed by atoms with Crippen molar-refractivity contribution in [3.05, 3.63) is 59.9 Å². The Morgan fingerprint density at radius 2 is 1.93 bits per heavy atom. The normalized spacial score (nSPS) is 22.4. The molecule has 3 aromatic rings. The summed E-state index contributed by atoms with van der Waals surface area (Å²) in [6.07, 6.45) is 6.29. The van der Waals surface area contributed by atoms with Crippen molar-refractivity contribution in [2.45, 2.75) is 18.2 Å². The number of halogens is 1. The van der Waals surface area contributed by atoms with E-state index in [9.17, 15) is 4.79 Å². The Hall–Kier alpha value is -2.75. The Labute approximate surface area is 171 Å². The zero-order valence-electron chi connectivity index (χ0n) is 15.5. The second kappa shape index (κ2) is 7.58. The van der Waals surface area contributed by atoms with E-state index in [0.717, 1.165) is 5.69 Å². The predicted molar refractivity (Wildman–Crippen MR) is 103 cm³/mol. The smallest absolute Gasteiger partial charge is 0.255 e. The molecule has 0 aliphatic carbocycles. The molecular formula is C19H19ClN6O3. The van der Waals surface area contributed by atoms with Crippen molar-refractivity contribution in [1.82, 2.24) is 29.4 Å². The third-order valence-corrected chi connectivity index (χ3v) is 5.60. The first-order valence-corrected chi connectivity index (χ1v) is 9.73. The fourth-order valence-corrected chi connectivity index (χ4v) is 3.92. The summed E-state index contributed by atoms with van der Waals surface area (Å²) < 4.78 is 15.5. The van der Waals surface area contributed by atoms with Crippen LogP contribution >= 0.6 is 11.6 Å². The van der Waals surface area contributed by atoms with Gasteiger partial charge in [-0.05, 0) is 24.3 Å². The molecule has 10 heteroatoms. The summed E-state index contributed by atoms with van der Waals surface area (Å²) in [5, 5.41) is 8.77. The van der Waals surface area contributed by atoms with E-state index < -0.39 is 0 Å².